The second kappa shape index (κ2) is 6.37. The van der Waals surface area contributed by atoms with Gasteiger partial charge in [0.15, 0.2) is 5.84 Å². The molecule has 0 fully saturated rings. The summed E-state index contributed by atoms with van der Waals surface area (Å²) in [5.41, 5.74) is 6.93. The molecule has 0 radical (unpaired) electrons. The Bertz CT molecular complexity index is 401. The van der Waals surface area contributed by atoms with Crippen molar-refractivity contribution in [3.63, 3.8) is 0 Å². The molecule has 0 heterocycles. The zero-order valence-electron chi connectivity index (χ0n) is 9.51. The molecule has 6 heteroatoms. The molecule has 0 saturated carbocycles. The van der Waals surface area contributed by atoms with E-state index in [4.69, 9.17) is 15.7 Å². The maximum absolute atomic E-state index is 11.0. The molecule has 0 aliphatic rings. The van der Waals surface area contributed by atoms with Gasteiger partial charge >= 0.3 is 6.09 Å². The van der Waals surface area contributed by atoms with Crippen LogP contribution in [0.3, 0.4) is 0 Å². The van der Waals surface area contributed by atoms with Crippen LogP contribution >= 0.6 is 0 Å². The molecule has 1 aromatic rings. The van der Waals surface area contributed by atoms with E-state index < -0.39 is 6.09 Å². The van der Waals surface area contributed by atoms with Crippen LogP contribution in [0.15, 0.2) is 29.4 Å². The van der Waals surface area contributed by atoms with Crippen molar-refractivity contribution in [3.8, 4) is 0 Å². The maximum Gasteiger partial charge on any atom is 0.407 e. The van der Waals surface area contributed by atoms with Gasteiger partial charge in [-0.05, 0) is 12.5 Å². The summed E-state index contributed by atoms with van der Waals surface area (Å²) in [5, 5.41) is 14.0. The second-order valence-electron chi connectivity index (χ2n) is 3.26. The van der Waals surface area contributed by atoms with Crippen LogP contribution in [-0.2, 0) is 11.3 Å². The van der Waals surface area contributed by atoms with Crippen molar-refractivity contribution in [3.05, 3.63) is 35.4 Å². The summed E-state index contributed by atoms with van der Waals surface area (Å²) in [6.45, 7) is 2.45. The van der Waals surface area contributed by atoms with E-state index in [0.717, 1.165) is 5.56 Å². The number of benzene rings is 1. The van der Waals surface area contributed by atoms with E-state index in [9.17, 15) is 4.79 Å². The van der Waals surface area contributed by atoms with Gasteiger partial charge in [0.25, 0.3) is 0 Å². The van der Waals surface area contributed by atoms with Gasteiger partial charge in [0.1, 0.15) is 0 Å². The van der Waals surface area contributed by atoms with E-state index in [2.05, 4.69) is 10.5 Å². The number of hydrogen-bond donors (Lipinski definition) is 3. The Labute approximate surface area is 99.1 Å². The molecule has 0 atom stereocenters. The average molecular weight is 237 g/mol. The average Bonchev–Trinajstić information content (AvgIpc) is 2.36. The Morgan fingerprint density at radius 2 is 2.12 bits per heavy atom. The summed E-state index contributed by atoms with van der Waals surface area (Å²) in [6.07, 6.45) is -0.451. The number of alkyl carbamates (subject to hydrolysis) is 1. The Balaban J connectivity index is 2.54. The number of nitrogens with zero attached hydrogens (tertiary/aromatic N) is 1. The van der Waals surface area contributed by atoms with E-state index in [-0.39, 0.29) is 5.84 Å². The molecular formula is C11H15N3O3. The molecular weight excluding hydrogens is 222 g/mol. The number of ether oxygens (including phenoxy) is 1. The maximum atomic E-state index is 11.0. The zero-order valence-corrected chi connectivity index (χ0v) is 9.51. The fraction of sp³-hybridized carbons (Fsp3) is 0.273. The number of carbonyl (C=O) groups excluding carboxylic acids is 1. The van der Waals surface area contributed by atoms with Gasteiger partial charge < -0.3 is 21.0 Å². The predicted octanol–water partition coefficient (Wildman–Crippen LogP) is 1.03. The highest BCUT2D eigenvalue weighted by atomic mass is 16.5. The highest BCUT2D eigenvalue weighted by molar-refractivity contribution is 5.96. The van der Waals surface area contributed by atoms with Gasteiger partial charge in [-0.3, -0.25) is 0 Å². The van der Waals surface area contributed by atoms with E-state index in [0.29, 0.717) is 18.7 Å². The molecule has 0 spiro atoms. The van der Waals surface area contributed by atoms with Gasteiger partial charge in [0.2, 0.25) is 0 Å². The van der Waals surface area contributed by atoms with Crippen LogP contribution in [0.25, 0.3) is 0 Å². The van der Waals surface area contributed by atoms with E-state index in [1.807, 2.05) is 0 Å². The lowest BCUT2D eigenvalue weighted by atomic mass is 10.1. The van der Waals surface area contributed by atoms with Gasteiger partial charge in [-0.1, -0.05) is 29.4 Å². The Kier molecular flexibility index (Phi) is 4.80. The van der Waals surface area contributed by atoms with Crippen molar-refractivity contribution in [1.82, 2.24) is 5.32 Å². The third-order valence-corrected chi connectivity index (χ3v) is 2.07. The molecule has 0 unspecified atom stereocenters. The Morgan fingerprint density at radius 1 is 1.47 bits per heavy atom. The van der Waals surface area contributed by atoms with Crippen LogP contribution in [0.1, 0.15) is 18.1 Å². The molecule has 4 N–H and O–H groups in total. The number of oxime groups is 1. The molecule has 0 aliphatic carbocycles. The van der Waals surface area contributed by atoms with Crippen molar-refractivity contribution in [2.24, 2.45) is 10.9 Å². The molecule has 1 rings (SSSR count). The van der Waals surface area contributed by atoms with Crippen molar-refractivity contribution in [2.45, 2.75) is 13.5 Å². The molecule has 0 saturated heterocycles. The third-order valence-electron chi connectivity index (χ3n) is 2.07. The smallest absolute Gasteiger partial charge is 0.407 e. The lowest BCUT2D eigenvalue weighted by Crippen LogP contribution is -2.23. The molecule has 0 aromatic heterocycles. The fourth-order valence-electron chi connectivity index (χ4n) is 1.21. The van der Waals surface area contributed by atoms with Crippen LogP contribution < -0.4 is 11.1 Å². The summed E-state index contributed by atoms with van der Waals surface area (Å²) in [5.74, 6) is 0.0508. The number of nitrogens with one attached hydrogen (secondary N) is 1. The molecule has 1 aromatic carbocycles. The quantitative estimate of drug-likeness (QED) is 0.315. The fourth-order valence-corrected chi connectivity index (χ4v) is 1.21. The normalized spacial score (nSPS) is 11.0. The van der Waals surface area contributed by atoms with Crippen molar-refractivity contribution >= 4 is 11.9 Å². The summed E-state index contributed by atoms with van der Waals surface area (Å²) in [4.78, 5) is 11.0. The highest BCUT2D eigenvalue weighted by Gasteiger charge is 2.02. The van der Waals surface area contributed by atoms with Gasteiger partial charge in [-0.15, -0.1) is 0 Å². The SMILES string of the molecule is CCOC(=O)NCc1ccc(C(N)=NO)cc1. The minimum atomic E-state index is -0.451. The molecule has 6 nitrogen and oxygen atoms in total. The third kappa shape index (κ3) is 4.02. The largest absolute Gasteiger partial charge is 0.450 e. The minimum Gasteiger partial charge on any atom is -0.450 e. The van der Waals surface area contributed by atoms with E-state index >= 15 is 0 Å². The van der Waals surface area contributed by atoms with Gasteiger partial charge in [0, 0.05) is 12.1 Å². The first kappa shape index (κ1) is 12.8. The molecule has 92 valence electrons. The van der Waals surface area contributed by atoms with Crippen LogP contribution in [0.2, 0.25) is 0 Å². The standard InChI is InChI=1S/C11H15N3O3/c1-2-17-11(15)13-7-8-3-5-9(6-4-8)10(12)14-16/h3-6,16H,2,7H2,1H3,(H2,12,14)(H,13,15). The summed E-state index contributed by atoms with van der Waals surface area (Å²) in [7, 11) is 0. The van der Waals surface area contributed by atoms with Gasteiger partial charge in [-0.2, -0.15) is 0 Å². The monoisotopic (exact) mass is 237 g/mol. The Hall–Kier alpha value is -2.24. The highest BCUT2D eigenvalue weighted by Crippen LogP contribution is 2.04. The zero-order chi connectivity index (χ0) is 12.7. The number of nitrogens with two attached hydrogens (primary N) is 1. The molecule has 0 bridgehead atoms. The lowest BCUT2D eigenvalue weighted by Gasteiger charge is -2.05. The van der Waals surface area contributed by atoms with E-state index in [1.165, 1.54) is 0 Å². The lowest BCUT2D eigenvalue weighted by molar-refractivity contribution is 0.151. The first-order valence-corrected chi connectivity index (χ1v) is 5.14. The topological polar surface area (TPSA) is 96.9 Å². The first-order chi connectivity index (χ1) is 8.17. The summed E-state index contributed by atoms with van der Waals surface area (Å²) in [6, 6.07) is 6.97. The second-order valence-corrected chi connectivity index (χ2v) is 3.26. The predicted molar refractivity (Wildman–Crippen MR) is 62.8 cm³/mol. The number of hydrogen-bond acceptors (Lipinski definition) is 4. The Morgan fingerprint density at radius 3 is 2.65 bits per heavy atom. The number of amidine groups is 1. The minimum absolute atomic E-state index is 0.0508. The van der Waals surface area contributed by atoms with Crippen LogP contribution in [0.4, 0.5) is 4.79 Å². The van der Waals surface area contributed by atoms with E-state index in [1.54, 1.807) is 31.2 Å². The van der Waals surface area contributed by atoms with Crippen molar-refractivity contribution < 1.29 is 14.7 Å². The van der Waals surface area contributed by atoms with Gasteiger partial charge in [-0.25, -0.2) is 4.79 Å². The number of carbonyl (C=O) groups is 1. The van der Waals surface area contributed by atoms with Crippen molar-refractivity contribution in [2.75, 3.05) is 6.61 Å². The molecule has 1 amide bonds. The summed E-state index contributed by atoms with van der Waals surface area (Å²) >= 11 is 0. The van der Waals surface area contributed by atoms with Crippen LogP contribution in [0.5, 0.6) is 0 Å². The molecule has 17 heavy (non-hydrogen) atoms. The first-order valence-electron chi connectivity index (χ1n) is 5.14. The van der Waals surface area contributed by atoms with Crippen LogP contribution in [0, 0.1) is 0 Å². The van der Waals surface area contributed by atoms with Gasteiger partial charge in [0.05, 0.1) is 6.61 Å². The van der Waals surface area contributed by atoms with Crippen molar-refractivity contribution in [1.29, 1.82) is 0 Å². The van der Waals surface area contributed by atoms with Crippen LogP contribution in [-0.4, -0.2) is 23.7 Å². The number of rotatable bonds is 4. The summed E-state index contributed by atoms with van der Waals surface area (Å²) < 4.78 is 4.72. The number of amides is 1. The molecule has 0 aliphatic heterocycles.